The zero-order valence-electron chi connectivity index (χ0n) is 14.6. The highest BCUT2D eigenvalue weighted by molar-refractivity contribution is 6.45. The molecular formula is C15H19N5O6. The predicted molar refractivity (Wildman–Crippen MR) is 87.5 cm³/mol. The number of rotatable bonds is 8. The lowest BCUT2D eigenvalue weighted by molar-refractivity contribution is -0.143. The molecule has 1 aliphatic heterocycles. The van der Waals surface area contributed by atoms with Crippen molar-refractivity contribution in [1.82, 2.24) is 19.8 Å². The zero-order chi connectivity index (χ0) is 19.3. The number of amides is 5. The molecule has 1 aliphatic rings. The zero-order valence-corrected chi connectivity index (χ0v) is 14.6. The first-order valence-corrected chi connectivity index (χ1v) is 7.85. The minimum Gasteiger partial charge on any atom is -0.481 e. The number of anilines is 1. The van der Waals surface area contributed by atoms with Gasteiger partial charge in [-0.25, -0.2) is 9.69 Å². The molecule has 0 unspecified atom stereocenters. The van der Waals surface area contributed by atoms with Crippen molar-refractivity contribution in [2.75, 3.05) is 32.6 Å². The Balaban J connectivity index is 2.07. The van der Waals surface area contributed by atoms with Crippen LogP contribution in [0.1, 0.15) is 19.8 Å². The fourth-order valence-corrected chi connectivity index (χ4v) is 2.18. The van der Waals surface area contributed by atoms with Crippen LogP contribution in [0.15, 0.2) is 6.07 Å². The van der Waals surface area contributed by atoms with Gasteiger partial charge in [-0.05, 0) is 6.42 Å². The Morgan fingerprint density at radius 3 is 2.19 bits per heavy atom. The van der Waals surface area contributed by atoms with Gasteiger partial charge in [-0.15, -0.1) is 0 Å². The van der Waals surface area contributed by atoms with Gasteiger partial charge in [-0.1, -0.05) is 13.3 Å². The van der Waals surface area contributed by atoms with Gasteiger partial charge in [0.05, 0.1) is 20.3 Å². The van der Waals surface area contributed by atoms with E-state index in [1.54, 1.807) is 0 Å². The number of nitrogens with zero attached hydrogens (tertiary/aromatic N) is 4. The van der Waals surface area contributed by atoms with Crippen molar-refractivity contribution < 1.29 is 28.7 Å². The second kappa shape index (κ2) is 8.23. The number of aromatic nitrogens is 2. The van der Waals surface area contributed by atoms with Gasteiger partial charge in [0.25, 0.3) is 0 Å². The highest BCUT2D eigenvalue weighted by atomic mass is 16.5. The fraction of sp³-hybridized carbons (Fsp3) is 0.467. The van der Waals surface area contributed by atoms with Gasteiger partial charge < -0.3 is 9.47 Å². The molecule has 11 heteroatoms. The first-order valence-electron chi connectivity index (χ1n) is 7.85. The average Bonchev–Trinajstić information content (AvgIpc) is 2.83. The minimum atomic E-state index is -1.04. The van der Waals surface area contributed by atoms with E-state index in [-0.39, 0.29) is 24.3 Å². The van der Waals surface area contributed by atoms with Crippen molar-refractivity contribution >= 4 is 29.7 Å². The average molecular weight is 365 g/mol. The number of urea groups is 1. The molecule has 0 atom stereocenters. The summed E-state index contributed by atoms with van der Waals surface area (Å²) in [5, 5.41) is 2.34. The molecule has 1 aromatic rings. The van der Waals surface area contributed by atoms with Crippen LogP contribution < -0.4 is 14.8 Å². The number of nitrogens with one attached hydrogen (secondary N) is 1. The summed E-state index contributed by atoms with van der Waals surface area (Å²) >= 11 is 0. The Kier molecular flexibility index (Phi) is 6.04. The van der Waals surface area contributed by atoms with Crippen LogP contribution in [0, 0.1) is 0 Å². The molecular weight excluding hydrogens is 346 g/mol. The summed E-state index contributed by atoms with van der Waals surface area (Å²) in [6.45, 7) is 1.39. The topological polar surface area (TPSA) is 131 Å². The van der Waals surface area contributed by atoms with Gasteiger partial charge in [0, 0.05) is 6.54 Å². The molecule has 0 aliphatic carbocycles. The summed E-state index contributed by atoms with van der Waals surface area (Å²) in [6.07, 6.45) is 1.32. The molecule has 11 nitrogen and oxygen atoms in total. The van der Waals surface area contributed by atoms with E-state index in [0.717, 1.165) is 11.3 Å². The number of methoxy groups -OCH3 is 2. The van der Waals surface area contributed by atoms with E-state index in [1.165, 1.54) is 20.3 Å². The number of unbranched alkanes of at least 4 members (excludes halogenated alkanes) is 1. The Morgan fingerprint density at radius 1 is 1.08 bits per heavy atom. The van der Waals surface area contributed by atoms with Gasteiger partial charge in [-0.3, -0.25) is 24.6 Å². The molecule has 2 rings (SSSR count). The SMILES string of the molecule is CCCCN1C(=O)C(=O)N(CC(=O)Nc2nc(OC)cc(OC)n2)C1=O. The standard InChI is InChI=1S/C15H19N5O6/c1-4-5-6-19-12(22)13(23)20(15(19)24)8-9(21)16-14-17-10(25-2)7-11(18-14)26-3/h7H,4-6,8H2,1-3H3,(H,16,17,18,21). The number of carbonyl (C=O) groups is 4. The van der Waals surface area contributed by atoms with Crippen LogP contribution in [0.3, 0.4) is 0 Å². The van der Waals surface area contributed by atoms with E-state index in [9.17, 15) is 19.2 Å². The number of ether oxygens (including phenoxy) is 2. The summed E-state index contributed by atoms with van der Waals surface area (Å²) in [4.78, 5) is 57.4. The second-order valence-electron chi connectivity index (χ2n) is 5.31. The predicted octanol–water partition coefficient (Wildman–Crippen LogP) is 0.0232. The highest BCUT2D eigenvalue weighted by Crippen LogP contribution is 2.18. The van der Waals surface area contributed by atoms with Gasteiger partial charge in [0.1, 0.15) is 6.54 Å². The molecule has 140 valence electrons. The van der Waals surface area contributed by atoms with Crippen molar-refractivity contribution in [3.8, 4) is 11.8 Å². The monoisotopic (exact) mass is 365 g/mol. The summed E-state index contributed by atoms with van der Waals surface area (Å²) < 4.78 is 9.92. The summed E-state index contributed by atoms with van der Waals surface area (Å²) in [6, 6.07) is 0.598. The number of hydrogen-bond donors (Lipinski definition) is 1. The van der Waals surface area contributed by atoms with Crippen LogP contribution in [-0.4, -0.2) is 70.8 Å². The molecule has 2 heterocycles. The maximum atomic E-state index is 12.2. The van der Waals surface area contributed by atoms with Gasteiger partial charge >= 0.3 is 17.8 Å². The first-order chi connectivity index (χ1) is 12.4. The molecule has 1 saturated heterocycles. The van der Waals surface area contributed by atoms with E-state index in [0.29, 0.717) is 11.3 Å². The molecule has 26 heavy (non-hydrogen) atoms. The van der Waals surface area contributed by atoms with Crippen molar-refractivity contribution in [2.24, 2.45) is 0 Å². The smallest absolute Gasteiger partial charge is 0.334 e. The van der Waals surface area contributed by atoms with Crippen LogP contribution in [0.25, 0.3) is 0 Å². The van der Waals surface area contributed by atoms with Crippen LogP contribution >= 0.6 is 0 Å². The van der Waals surface area contributed by atoms with Gasteiger partial charge in [0.2, 0.25) is 23.6 Å². The maximum absolute atomic E-state index is 12.2. The van der Waals surface area contributed by atoms with Crippen LogP contribution in [-0.2, 0) is 14.4 Å². The van der Waals surface area contributed by atoms with Crippen LogP contribution in [0.4, 0.5) is 10.7 Å². The molecule has 0 spiro atoms. The molecule has 0 radical (unpaired) electrons. The lowest BCUT2D eigenvalue weighted by atomic mass is 10.3. The summed E-state index contributed by atoms with van der Waals surface area (Å²) in [5.74, 6) is -2.53. The number of imide groups is 2. The summed E-state index contributed by atoms with van der Waals surface area (Å²) in [7, 11) is 2.76. The molecule has 1 aromatic heterocycles. The Bertz CT molecular complexity index is 715. The minimum absolute atomic E-state index is 0.125. The number of carbonyl (C=O) groups excluding carboxylic acids is 4. The van der Waals surface area contributed by atoms with Crippen molar-refractivity contribution in [1.29, 1.82) is 0 Å². The Hall–Kier alpha value is -3.24. The van der Waals surface area contributed by atoms with E-state index in [1.807, 2.05) is 6.92 Å². The van der Waals surface area contributed by atoms with Gasteiger partial charge in [-0.2, -0.15) is 9.97 Å². The van der Waals surface area contributed by atoms with Crippen LogP contribution in [0.5, 0.6) is 11.8 Å². The van der Waals surface area contributed by atoms with E-state index in [2.05, 4.69) is 15.3 Å². The third kappa shape index (κ3) is 4.05. The van der Waals surface area contributed by atoms with Crippen molar-refractivity contribution in [2.45, 2.75) is 19.8 Å². The third-order valence-electron chi connectivity index (χ3n) is 3.52. The number of hydrogen-bond acceptors (Lipinski definition) is 8. The molecule has 1 N–H and O–H groups in total. The van der Waals surface area contributed by atoms with Gasteiger partial charge in [0.15, 0.2) is 0 Å². The normalized spacial score (nSPS) is 14.0. The van der Waals surface area contributed by atoms with Crippen molar-refractivity contribution in [3.05, 3.63) is 6.07 Å². The largest absolute Gasteiger partial charge is 0.481 e. The summed E-state index contributed by atoms with van der Waals surface area (Å²) in [5.41, 5.74) is 0. The Morgan fingerprint density at radius 2 is 1.65 bits per heavy atom. The highest BCUT2D eigenvalue weighted by Gasteiger charge is 2.44. The molecule has 0 bridgehead atoms. The quantitative estimate of drug-likeness (QED) is 0.504. The lowest BCUT2D eigenvalue weighted by Gasteiger charge is -2.14. The molecule has 0 saturated carbocycles. The fourth-order valence-electron chi connectivity index (χ4n) is 2.18. The first kappa shape index (κ1) is 19.1. The molecule has 0 aromatic carbocycles. The maximum Gasteiger partial charge on any atom is 0.334 e. The molecule has 5 amide bonds. The van der Waals surface area contributed by atoms with Crippen molar-refractivity contribution in [3.63, 3.8) is 0 Å². The third-order valence-corrected chi connectivity index (χ3v) is 3.52. The van der Waals surface area contributed by atoms with Crippen LogP contribution in [0.2, 0.25) is 0 Å². The Labute approximate surface area is 149 Å². The lowest BCUT2D eigenvalue weighted by Crippen LogP contribution is -2.39. The second-order valence-corrected chi connectivity index (χ2v) is 5.31. The molecule has 1 fully saturated rings. The van der Waals surface area contributed by atoms with E-state index < -0.39 is 30.3 Å². The van der Waals surface area contributed by atoms with E-state index >= 15 is 0 Å². The van der Waals surface area contributed by atoms with E-state index in [4.69, 9.17) is 9.47 Å².